The molecule has 1 aliphatic rings. The summed E-state index contributed by atoms with van der Waals surface area (Å²) in [6, 6.07) is 23.8. The molecule has 5 rings (SSSR count). The number of nitrogens with zero attached hydrogens (tertiary/aromatic N) is 2. The minimum absolute atomic E-state index is 0.0339. The second kappa shape index (κ2) is 12.2. The van der Waals surface area contributed by atoms with Crippen molar-refractivity contribution in [2.24, 2.45) is 0 Å². The van der Waals surface area contributed by atoms with Crippen molar-refractivity contribution in [3.63, 3.8) is 0 Å². The summed E-state index contributed by atoms with van der Waals surface area (Å²) in [5.74, 6) is 0.780. The van der Waals surface area contributed by atoms with Gasteiger partial charge in [-0.1, -0.05) is 37.3 Å². The molecule has 2 heterocycles. The number of aromatic amines is 1. The molecule has 0 aliphatic carbocycles. The van der Waals surface area contributed by atoms with E-state index in [0.29, 0.717) is 5.56 Å². The summed E-state index contributed by atoms with van der Waals surface area (Å²) in [6.07, 6.45) is 3.08. The van der Waals surface area contributed by atoms with Crippen LogP contribution in [-0.2, 0) is 4.74 Å². The standard InChI is InChI=1S/C31H36N4O3/c1-3-28(22-7-5-4-6-8-22)32-31(36)24-11-14-29-27(21-24)30(34-33-29)23-9-12-25(13-10-23)38-26-15-17-35(18-16-26)19-20-37-2/h4-14,21,26,28H,3,15-20H2,1-2H3,(H,32,36)(H,33,34). The fourth-order valence-corrected chi connectivity index (χ4v) is 5.08. The Labute approximate surface area is 224 Å². The van der Waals surface area contributed by atoms with Gasteiger partial charge in [0.05, 0.1) is 23.9 Å². The smallest absolute Gasteiger partial charge is 0.251 e. The van der Waals surface area contributed by atoms with E-state index < -0.39 is 0 Å². The molecule has 38 heavy (non-hydrogen) atoms. The monoisotopic (exact) mass is 512 g/mol. The lowest BCUT2D eigenvalue weighted by Crippen LogP contribution is -2.39. The molecule has 1 aliphatic heterocycles. The number of carbonyl (C=O) groups is 1. The number of hydrogen-bond donors (Lipinski definition) is 2. The lowest BCUT2D eigenvalue weighted by Gasteiger charge is -2.31. The molecule has 0 radical (unpaired) electrons. The molecule has 2 N–H and O–H groups in total. The molecular weight excluding hydrogens is 476 g/mol. The van der Waals surface area contributed by atoms with Crippen molar-refractivity contribution in [2.75, 3.05) is 33.4 Å². The van der Waals surface area contributed by atoms with Crippen molar-refractivity contribution in [1.82, 2.24) is 20.4 Å². The zero-order valence-electron chi connectivity index (χ0n) is 22.2. The average Bonchev–Trinajstić information content (AvgIpc) is 3.39. The van der Waals surface area contributed by atoms with E-state index in [2.05, 4.69) is 27.3 Å². The molecule has 3 aromatic carbocycles. The second-order valence-corrected chi connectivity index (χ2v) is 9.85. The molecule has 1 fully saturated rings. The summed E-state index contributed by atoms with van der Waals surface area (Å²) in [4.78, 5) is 15.6. The number of fused-ring (bicyclic) bond motifs is 1. The molecule has 0 bridgehead atoms. The van der Waals surface area contributed by atoms with E-state index in [1.54, 1.807) is 7.11 Å². The number of methoxy groups -OCH3 is 1. The Morgan fingerprint density at radius 3 is 2.55 bits per heavy atom. The van der Waals surface area contributed by atoms with E-state index in [-0.39, 0.29) is 18.1 Å². The van der Waals surface area contributed by atoms with Crippen molar-refractivity contribution in [1.29, 1.82) is 0 Å². The van der Waals surface area contributed by atoms with Crippen LogP contribution < -0.4 is 10.1 Å². The summed E-state index contributed by atoms with van der Waals surface area (Å²) in [6.45, 7) is 5.89. The van der Waals surface area contributed by atoms with Crippen molar-refractivity contribution < 1.29 is 14.3 Å². The first-order valence-corrected chi connectivity index (χ1v) is 13.5. The minimum atomic E-state index is -0.0910. The van der Waals surface area contributed by atoms with E-state index in [9.17, 15) is 4.79 Å². The highest BCUT2D eigenvalue weighted by atomic mass is 16.5. The number of hydrogen-bond acceptors (Lipinski definition) is 5. The fourth-order valence-electron chi connectivity index (χ4n) is 5.08. The summed E-state index contributed by atoms with van der Waals surface area (Å²) in [5, 5.41) is 11.8. The molecule has 0 saturated carbocycles. The first-order chi connectivity index (χ1) is 18.6. The van der Waals surface area contributed by atoms with Gasteiger partial charge in [-0.25, -0.2) is 0 Å². The first kappa shape index (κ1) is 25.9. The Bertz CT molecular complexity index is 1330. The van der Waals surface area contributed by atoms with Crippen LogP contribution in [-0.4, -0.2) is 60.5 Å². The molecule has 4 aromatic rings. The molecule has 0 spiro atoms. The Morgan fingerprint density at radius 1 is 1.08 bits per heavy atom. The van der Waals surface area contributed by atoms with Crippen LogP contribution in [0.2, 0.25) is 0 Å². The number of likely N-dealkylation sites (tertiary alicyclic amines) is 1. The predicted octanol–water partition coefficient (Wildman–Crippen LogP) is 5.60. The van der Waals surface area contributed by atoms with Gasteiger partial charge in [-0.2, -0.15) is 5.10 Å². The van der Waals surface area contributed by atoms with Gasteiger partial charge in [-0.15, -0.1) is 0 Å². The van der Waals surface area contributed by atoms with E-state index in [4.69, 9.17) is 9.47 Å². The molecule has 1 aromatic heterocycles. The third-order valence-electron chi connectivity index (χ3n) is 7.32. The maximum Gasteiger partial charge on any atom is 0.251 e. The highest BCUT2D eigenvalue weighted by Gasteiger charge is 2.21. The van der Waals surface area contributed by atoms with Gasteiger partial charge < -0.3 is 19.7 Å². The molecule has 1 amide bonds. The van der Waals surface area contributed by atoms with Crippen LogP contribution in [0.1, 0.15) is 48.1 Å². The predicted molar refractivity (Wildman–Crippen MR) is 150 cm³/mol. The van der Waals surface area contributed by atoms with Gasteiger partial charge in [0.2, 0.25) is 0 Å². The van der Waals surface area contributed by atoms with Crippen LogP contribution in [0, 0.1) is 0 Å². The minimum Gasteiger partial charge on any atom is -0.490 e. The molecule has 7 nitrogen and oxygen atoms in total. The molecule has 1 atom stereocenters. The third-order valence-corrected chi connectivity index (χ3v) is 7.32. The van der Waals surface area contributed by atoms with Gasteiger partial charge in [-0.3, -0.25) is 9.89 Å². The summed E-state index contributed by atoms with van der Waals surface area (Å²) >= 11 is 0. The summed E-state index contributed by atoms with van der Waals surface area (Å²) in [5.41, 5.74) is 4.42. The SMILES string of the molecule is CCC(NC(=O)c1ccc2[nH]nc(-c3ccc(OC4CCN(CCOC)CC4)cc3)c2c1)c1ccccc1. The number of benzene rings is 3. The number of aromatic nitrogens is 2. The van der Waals surface area contributed by atoms with Crippen molar-refractivity contribution in [3.05, 3.63) is 83.9 Å². The Balaban J connectivity index is 1.26. The average molecular weight is 513 g/mol. The Hall–Kier alpha value is -3.68. The van der Waals surface area contributed by atoms with E-state index in [0.717, 1.165) is 79.0 Å². The molecule has 198 valence electrons. The molecule has 7 heteroatoms. The van der Waals surface area contributed by atoms with E-state index in [1.165, 1.54) is 0 Å². The van der Waals surface area contributed by atoms with E-state index in [1.807, 2.05) is 72.8 Å². The van der Waals surface area contributed by atoms with Crippen LogP contribution in [0.25, 0.3) is 22.2 Å². The lowest BCUT2D eigenvalue weighted by molar-refractivity contribution is 0.0797. The zero-order valence-corrected chi connectivity index (χ0v) is 22.2. The quantitative estimate of drug-likeness (QED) is 0.289. The van der Waals surface area contributed by atoms with Gasteiger partial charge in [0.25, 0.3) is 5.91 Å². The van der Waals surface area contributed by atoms with Crippen LogP contribution in [0.15, 0.2) is 72.8 Å². The maximum absolute atomic E-state index is 13.1. The highest BCUT2D eigenvalue weighted by Crippen LogP contribution is 2.29. The molecular formula is C31H36N4O3. The number of nitrogens with one attached hydrogen (secondary N) is 2. The van der Waals surface area contributed by atoms with Gasteiger partial charge in [0, 0.05) is 43.3 Å². The van der Waals surface area contributed by atoms with Crippen LogP contribution in [0.3, 0.4) is 0 Å². The largest absolute Gasteiger partial charge is 0.490 e. The number of ether oxygens (including phenoxy) is 2. The Morgan fingerprint density at radius 2 is 1.84 bits per heavy atom. The van der Waals surface area contributed by atoms with Crippen LogP contribution in [0.4, 0.5) is 0 Å². The topological polar surface area (TPSA) is 79.5 Å². The van der Waals surface area contributed by atoms with Crippen molar-refractivity contribution >= 4 is 16.8 Å². The number of H-pyrrole nitrogens is 1. The van der Waals surface area contributed by atoms with Gasteiger partial charge in [0.1, 0.15) is 11.9 Å². The normalized spacial score (nSPS) is 15.4. The number of piperidine rings is 1. The van der Waals surface area contributed by atoms with Crippen LogP contribution in [0.5, 0.6) is 5.75 Å². The van der Waals surface area contributed by atoms with Crippen molar-refractivity contribution in [3.8, 4) is 17.0 Å². The lowest BCUT2D eigenvalue weighted by atomic mass is 10.0. The van der Waals surface area contributed by atoms with E-state index >= 15 is 0 Å². The highest BCUT2D eigenvalue weighted by molar-refractivity contribution is 6.01. The fraction of sp³-hybridized carbons (Fsp3) is 0.355. The summed E-state index contributed by atoms with van der Waals surface area (Å²) in [7, 11) is 1.75. The third kappa shape index (κ3) is 6.06. The Kier molecular flexibility index (Phi) is 8.36. The van der Waals surface area contributed by atoms with Gasteiger partial charge >= 0.3 is 0 Å². The van der Waals surface area contributed by atoms with Crippen LogP contribution >= 0.6 is 0 Å². The summed E-state index contributed by atoms with van der Waals surface area (Å²) < 4.78 is 11.5. The maximum atomic E-state index is 13.1. The molecule has 1 saturated heterocycles. The zero-order chi connectivity index (χ0) is 26.3. The second-order valence-electron chi connectivity index (χ2n) is 9.85. The van der Waals surface area contributed by atoms with Crippen molar-refractivity contribution in [2.45, 2.75) is 38.3 Å². The number of rotatable bonds is 10. The molecule has 1 unspecified atom stereocenters. The van der Waals surface area contributed by atoms with Gasteiger partial charge in [0.15, 0.2) is 0 Å². The number of amides is 1. The van der Waals surface area contributed by atoms with Gasteiger partial charge in [-0.05, 0) is 67.3 Å². The first-order valence-electron chi connectivity index (χ1n) is 13.5. The number of carbonyl (C=O) groups excluding carboxylic acids is 1.